The van der Waals surface area contributed by atoms with Crippen LogP contribution in [0.5, 0.6) is 0 Å². The summed E-state index contributed by atoms with van der Waals surface area (Å²) in [6, 6.07) is -1.32. The number of hydrogen-bond donors (Lipinski definition) is 2. The van der Waals surface area contributed by atoms with Crippen LogP contribution < -0.4 is 5.32 Å². The minimum absolute atomic E-state index is 0.181. The van der Waals surface area contributed by atoms with Crippen molar-refractivity contribution in [3.05, 3.63) is 12.7 Å². The van der Waals surface area contributed by atoms with Crippen molar-refractivity contribution in [1.29, 1.82) is 0 Å². The van der Waals surface area contributed by atoms with Gasteiger partial charge in [-0.1, -0.05) is 19.9 Å². The molecule has 0 radical (unpaired) electrons. The molecule has 0 fully saturated rings. The molecule has 2 amide bonds. The third-order valence-corrected chi connectivity index (χ3v) is 2.41. The van der Waals surface area contributed by atoms with Crippen LogP contribution in [0.15, 0.2) is 12.7 Å². The highest BCUT2D eigenvalue weighted by Gasteiger charge is 2.25. The Bertz CT molecular complexity index is 292. The second-order valence-electron chi connectivity index (χ2n) is 4.24. The molecule has 0 saturated heterocycles. The Balaban J connectivity index is 4.55. The largest absolute Gasteiger partial charge is 0.480 e. The number of carboxylic acid groups (broad SMARTS) is 1. The molecular formula is C12H22N2O4. The molecule has 6 heteroatoms. The van der Waals surface area contributed by atoms with Crippen molar-refractivity contribution in [3.63, 3.8) is 0 Å². The lowest BCUT2D eigenvalue weighted by Gasteiger charge is -2.25. The molecule has 104 valence electrons. The van der Waals surface area contributed by atoms with Crippen LogP contribution >= 0.6 is 0 Å². The molecule has 0 aromatic rings. The maximum atomic E-state index is 11.9. The van der Waals surface area contributed by atoms with Gasteiger partial charge in [0.1, 0.15) is 6.04 Å². The van der Waals surface area contributed by atoms with Gasteiger partial charge in [0.2, 0.25) is 0 Å². The molecule has 6 nitrogen and oxygen atoms in total. The summed E-state index contributed by atoms with van der Waals surface area (Å²) in [6.45, 7) is 8.17. The summed E-state index contributed by atoms with van der Waals surface area (Å²) in [7, 11) is 1.54. The molecule has 1 unspecified atom stereocenters. The summed E-state index contributed by atoms with van der Waals surface area (Å²) >= 11 is 0. The molecule has 0 saturated carbocycles. The Morgan fingerprint density at radius 2 is 2.11 bits per heavy atom. The summed E-state index contributed by atoms with van der Waals surface area (Å²) < 4.78 is 4.90. The van der Waals surface area contributed by atoms with Gasteiger partial charge in [-0.3, -0.25) is 0 Å². The first-order valence-corrected chi connectivity index (χ1v) is 5.82. The number of carbonyl (C=O) groups excluding carboxylic acids is 1. The molecule has 0 heterocycles. The highest BCUT2D eigenvalue weighted by molar-refractivity contribution is 5.82. The number of carbonyl (C=O) groups is 2. The van der Waals surface area contributed by atoms with Gasteiger partial charge < -0.3 is 20.1 Å². The first kappa shape index (κ1) is 16.4. The van der Waals surface area contributed by atoms with Crippen LogP contribution in [0.1, 0.15) is 13.8 Å². The first-order chi connectivity index (χ1) is 8.43. The molecule has 0 aliphatic carbocycles. The number of nitrogens with one attached hydrogen (secondary N) is 1. The zero-order chi connectivity index (χ0) is 14.1. The SMILES string of the molecule is C=CCN(CCOC)C(=O)NC(C(=O)O)C(C)C. The van der Waals surface area contributed by atoms with E-state index in [0.717, 1.165) is 0 Å². The van der Waals surface area contributed by atoms with Crippen LogP contribution in [0.2, 0.25) is 0 Å². The van der Waals surface area contributed by atoms with Gasteiger partial charge in [0.25, 0.3) is 0 Å². The summed E-state index contributed by atoms with van der Waals surface area (Å²) in [5.41, 5.74) is 0. The van der Waals surface area contributed by atoms with Crippen LogP contribution in [0.4, 0.5) is 4.79 Å². The normalized spacial score (nSPS) is 12.0. The fourth-order valence-electron chi connectivity index (χ4n) is 1.37. The molecule has 0 aromatic carbocycles. The molecule has 0 spiro atoms. The van der Waals surface area contributed by atoms with Gasteiger partial charge >= 0.3 is 12.0 Å². The quantitative estimate of drug-likeness (QED) is 0.635. The maximum absolute atomic E-state index is 11.9. The van der Waals surface area contributed by atoms with Crippen LogP contribution in [-0.4, -0.2) is 54.9 Å². The topological polar surface area (TPSA) is 78.9 Å². The molecule has 0 aliphatic rings. The van der Waals surface area contributed by atoms with Crippen molar-refractivity contribution >= 4 is 12.0 Å². The van der Waals surface area contributed by atoms with E-state index in [4.69, 9.17) is 9.84 Å². The Morgan fingerprint density at radius 1 is 1.50 bits per heavy atom. The Labute approximate surface area is 108 Å². The lowest BCUT2D eigenvalue weighted by molar-refractivity contribution is -0.140. The number of ether oxygens (including phenoxy) is 1. The van der Waals surface area contributed by atoms with Crippen molar-refractivity contribution in [3.8, 4) is 0 Å². The van der Waals surface area contributed by atoms with Crippen LogP contribution in [0.25, 0.3) is 0 Å². The van der Waals surface area contributed by atoms with E-state index in [1.54, 1.807) is 19.9 Å². The number of carboxylic acids is 1. The van der Waals surface area contributed by atoms with Crippen LogP contribution in [-0.2, 0) is 9.53 Å². The zero-order valence-corrected chi connectivity index (χ0v) is 11.2. The van der Waals surface area contributed by atoms with E-state index in [0.29, 0.717) is 19.7 Å². The third kappa shape index (κ3) is 5.67. The third-order valence-electron chi connectivity index (χ3n) is 2.41. The minimum Gasteiger partial charge on any atom is -0.480 e. The summed E-state index contributed by atoms with van der Waals surface area (Å²) in [6.07, 6.45) is 1.58. The second kappa shape index (κ2) is 8.52. The molecule has 0 aliphatic heterocycles. The van der Waals surface area contributed by atoms with Gasteiger partial charge in [0.15, 0.2) is 0 Å². The highest BCUT2D eigenvalue weighted by atomic mass is 16.5. The van der Waals surface area contributed by atoms with Crippen molar-refractivity contribution in [1.82, 2.24) is 10.2 Å². The Kier molecular flexibility index (Phi) is 7.78. The van der Waals surface area contributed by atoms with E-state index >= 15 is 0 Å². The highest BCUT2D eigenvalue weighted by Crippen LogP contribution is 2.03. The number of methoxy groups -OCH3 is 1. The van der Waals surface area contributed by atoms with Gasteiger partial charge in [-0.25, -0.2) is 9.59 Å². The molecular weight excluding hydrogens is 236 g/mol. The van der Waals surface area contributed by atoms with E-state index in [2.05, 4.69) is 11.9 Å². The van der Waals surface area contributed by atoms with Crippen molar-refractivity contribution in [2.24, 2.45) is 5.92 Å². The molecule has 0 bridgehead atoms. The summed E-state index contributed by atoms with van der Waals surface area (Å²) in [4.78, 5) is 24.4. The zero-order valence-electron chi connectivity index (χ0n) is 11.2. The van der Waals surface area contributed by atoms with Crippen LogP contribution in [0.3, 0.4) is 0 Å². The number of aliphatic carboxylic acids is 1. The van der Waals surface area contributed by atoms with Gasteiger partial charge in [-0.15, -0.1) is 6.58 Å². The molecule has 0 aromatic heterocycles. The van der Waals surface area contributed by atoms with E-state index < -0.39 is 18.0 Å². The first-order valence-electron chi connectivity index (χ1n) is 5.82. The maximum Gasteiger partial charge on any atom is 0.326 e. The predicted molar refractivity (Wildman–Crippen MR) is 68.4 cm³/mol. The standard InChI is InChI=1S/C12H22N2O4/c1-5-6-14(7-8-18-4)12(17)13-10(9(2)3)11(15)16/h5,9-10H,1,6-8H2,2-4H3,(H,13,17)(H,15,16). The molecule has 2 N–H and O–H groups in total. The van der Waals surface area contributed by atoms with Crippen LogP contribution in [0, 0.1) is 5.92 Å². The predicted octanol–water partition coefficient (Wildman–Crippen LogP) is 0.940. The monoisotopic (exact) mass is 258 g/mol. The average Bonchev–Trinajstić information content (AvgIpc) is 2.30. The average molecular weight is 258 g/mol. The number of nitrogens with zero attached hydrogens (tertiary/aromatic N) is 1. The lowest BCUT2D eigenvalue weighted by Crippen LogP contribution is -2.50. The van der Waals surface area contributed by atoms with Gasteiger partial charge in [0.05, 0.1) is 6.61 Å². The fraction of sp³-hybridized carbons (Fsp3) is 0.667. The van der Waals surface area contributed by atoms with Crippen molar-refractivity contribution in [2.45, 2.75) is 19.9 Å². The number of rotatable bonds is 8. The van der Waals surface area contributed by atoms with Gasteiger partial charge in [-0.05, 0) is 5.92 Å². The Hall–Kier alpha value is -1.56. The number of urea groups is 1. The molecule has 1 atom stereocenters. The van der Waals surface area contributed by atoms with E-state index in [1.807, 2.05) is 0 Å². The number of hydrogen-bond acceptors (Lipinski definition) is 3. The smallest absolute Gasteiger partial charge is 0.326 e. The van der Waals surface area contributed by atoms with E-state index in [1.165, 1.54) is 12.0 Å². The summed E-state index contributed by atoms with van der Waals surface area (Å²) in [5.74, 6) is -1.22. The summed E-state index contributed by atoms with van der Waals surface area (Å²) in [5, 5.41) is 11.5. The van der Waals surface area contributed by atoms with Gasteiger partial charge in [-0.2, -0.15) is 0 Å². The van der Waals surface area contributed by atoms with E-state index in [9.17, 15) is 9.59 Å². The molecule has 0 rings (SSSR count). The second-order valence-corrected chi connectivity index (χ2v) is 4.24. The van der Waals surface area contributed by atoms with Gasteiger partial charge in [0, 0.05) is 20.2 Å². The van der Waals surface area contributed by atoms with E-state index in [-0.39, 0.29) is 5.92 Å². The Morgan fingerprint density at radius 3 is 2.50 bits per heavy atom. The van der Waals surface area contributed by atoms with Crippen molar-refractivity contribution in [2.75, 3.05) is 26.8 Å². The number of amides is 2. The lowest BCUT2D eigenvalue weighted by atomic mass is 10.1. The van der Waals surface area contributed by atoms with Crippen molar-refractivity contribution < 1.29 is 19.4 Å². The molecule has 18 heavy (non-hydrogen) atoms. The fourth-order valence-corrected chi connectivity index (χ4v) is 1.37. The minimum atomic E-state index is -1.04.